The van der Waals surface area contributed by atoms with Gasteiger partial charge in [0, 0.05) is 13.1 Å². The quantitative estimate of drug-likeness (QED) is 0.787. The highest BCUT2D eigenvalue weighted by atomic mass is 35.5. The van der Waals surface area contributed by atoms with Gasteiger partial charge in [-0.15, -0.1) is 0 Å². The summed E-state index contributed by atoms with van der Waals surface area (Å²) in [6, 6.07) is 5.86. The zero-order valence-electron chi connectivity index (χ0n) is 12.5. The molecule has 1 aromatic rings. The number of nitrogens with zero attached hydrogens (tertiary/aromatic N) is 1. The molecule has 0 saturated heterocycles. The third kappa shape index (κ3) is 4.39. The molecule has 1 N–H and O–H groups in total. The van der Waals surface area contributed by atoms with Crippen molar-refractivity contribution in [3.8, 4) is 0 Å². The SMILES string of the molecule is CCC(CC)CN(CC)c1ccc([C@@H](C)O)cc1Cl. The number of anilines is 1. The van der Waals surface area contributed by atoms with Crippen molar-refractivity contribution in [2.24, 2.45) is 5.92 Å². The van der Waals surface area contributed by atoms with Crippen molar-refractivity contribution >= 4 is 17.3 Å². The van der Waals surface area contributed by atoms with Gasteiger partial charge in [-0.3, -0.25) is 0 Å². The van der Waals surface area contributed by atoms with Crippen LogP contribution < -0.4 is 4.90 Å². The topological polar surface area (TPSA) is 23.5 Å². The summed E-state index contributed by atoms with van der Waals surface area (Å²) < 4.78 is 0. The average molecular weight is 284 g/mol. The summed E-state index contributed by atoms with van der Waals surface area (Å²) in [5, 5.41) is 10.3. The Bertz CT molecular complexity index is 388. The summed E-state index contributed by atoms with van der Waals surface area (Å²) in [6.45, 7) is 10.4. The molecule has 1 atom stereocenters. The summed E-state index contributed by atoms with van der Waals surface area (Å²) in [7, 11) is 0. The van der Waals surface area contributed by atoms with Gasteiger partial charge in [-0.25, -0.2) is 0 Å². The molecule has 0 fully saturated rings. The standard InChI is InChI=1S/C16H26ClNO/c1-5-13(6-2)11-18(7-3)16-9-8-14(12(4)19)10-15(16)17/h8-10,12-13,19H,5-7,11H2,1-4H3/t12-/m1/s1. The molecule has 0 saturated carbocycles. The fraction of sp³-hybridized carbons (Fsp3) is 0.625. The fourth-order valence-corrected chi connectivity index (χ4v) is 2.60. The van der Waals surface area contributed by atoms with Crippen LogP contribution in [-0.2, 0) is 0 Å². The van der Waals surface area contributed by atoms with Gasteiger partial charge in [0.2, 0.25) is 0 Å². The van der Waals surface area contributed by atoms with Crippen LogP contribution in [0.15, 0.2) is 18.2 Å². The van der Waals surface area contributed by atoms with Crippen LogP contribution in [0.2, 0.25) is 5.02 Å². The second kappa shape index (κ2) is 7.76. The Morgan fingerprint density at radius 2 is 1.84 bits per heavy atom. The van der Waals surface area contributed by atoms with Crippen LogP contribution in [0.25, 0.3) is 0 Å². The molecule has 0 aromatic heterocycles. The fourth-order valence-electron chi connectivity index (χ4n) is 2.30. The van der Waals surface area contributed by atoms with Gasteiger partial charge >= 0.3 is 0 Å². The average Bonchev–Trinajstić information content (AvgIpc) is 2.41. The summed E-state index contributed by atoms with van der Waals surface area (Å²) in [5.41, 5.74) is 1.94. The Kier molecular flexibility index (Phi) is 6.67. The van der Waals surface area contributed by atoms with Gasteiger partial charge < -0.3 is 10.0 Å². The Labute approximate surface area is 122 Å². The molecule has 2 nitrogen and oxygen atoms in total. The van der Waals surface area contributed by atoms with Crippen LogP contribution in [0.4, 0.5) is 5.69 Å². The maximum absolute atomic E-state index is 9.58. The lowest BCUT2D eigenvalue weighted by Crippen LogP contribution is -2.29. The highest BCUT2D eigenvalue weighted by Gasteiger charge is 2.14. The molecule has 1 rings (SSSR count). The predicted molar refractivity (Wildman–Crippen MR) is 84.0 cm³/mol. The van der Waals surface area contributed by atoms with E-state index in [1.807, 2.05) is 18.2 Å². The molecule has 3 heteroatoms. The summed E-state index contributed by atoms with van der Waals surface area (Å²) in [5.74, 6) is 0.701. The molecule has 0 unspecified atom stereocenters. The van der Waals surface area contributed by atoms with Crippen molar-refractivity contribution in [1.82, 2.24) is 0 Å². The van der Waals surface area contributed by atoms with Crippen LogP contribution in [0, 0.1) is 5.92 Å². The minimum absolute atomic E-state index is 0.472. The van der Waals surface area contributed by atoms with E-state index in [9.17, 15) is 5.11 Å². The molecule has 0 aliphatic heterocycles. The zero-order valence-corrected chi connectivity index (χ0v) is 13.2. The molecule has 0 aliphatic rings. The Morgan fingerprint density at radius 1 is 1.21 bits per heavy atom. The second-order valence-electron chi connectivity index (χ2n) is 5.11. The van der Waals surface area contributed by atoms with Gasteiger partial charge in [0.1, 0.15) is 0 Å². The van der Waals surface area contributed by atoms with Crippen molar-refractivity contribution in [1.29, 1.82) is 0 Å². The lowest BCUT2D eigenvalue weighted by atomic mass is 10.0. The van der Waals surface area contributed by atoms with Crippen molar-refractivity contribution in [3.05, 3.63) is 28.8 Å². The lowest BCUT2D eigenvalue weighted by Gasteiger charge is -2.28. The molecule has 0 spiro atoms. The Morgan fingerprint density at radius 3 is 2.26 bits per heavy atom. The molecule has 1 aromatic carbocycles. The van der Waals surface area contributed by atoms with E-state index in [2.05, 4.69) is 25.7 Å². The number of hydrogen-bond donors (Lipinski definition) is 1. The smallest absolute Gasteiger partial charge is 0.0762 e. The first-order chi connectivity index (χ1) is 9.03. The minimum atomic E-state index is -0.472. The van der Waals surface area contributed by atoms with E-state index in [1.165, 1.54) is 12.8 Å². The number of rotatable bonds is 7. The van der Waals surface area contributed by atoms with E-state index in [0.29, 0.717) is 5.92 Å². The van der Waals surface area contributed by atoms with Crippen LogP contribution in [0.1, 0.15) is 52.2 Å². The molecule has 0 bridgehead atoms. The first-order valence-electron chi connectivity index (χ1n) is 7.25. The van der Waals surface area contributed by atoms with E-state index >= 15 is 0 Å². The van der Waals surface area contributed by atoms with Crippen molar-refractivity contribution in [3.63, 3.8) is 0 Å². The van der Waals surface area contributed by atoms with E-state index < -0.39 is 6.10 Å². The maximum Gasteiger partial charge on any atom is 0.0762 e. The lowest BCUT2D eigenvalue weighted by molar-refractivity contribution is 0.199. The zero-order chi connectivity index (χ0) is 14.4. The summed E-state index contributed by atoms with van der Waals surface area (Å²) >= 11 is 6.36. The number of aliphatic hydroxyl groups excluding tert-OH is 1. The van der Waals surface area contributed by atoms with E-state index in [1.54, 1.807) is 6.92 Å². The monoisotopic (exact) mass is 283 g/mol. The normalized spacial score (nSPS) is 12.8. The first-order valence-corrected chi connectivity index (χ1v) is 7.63. The number of benzene rings is 1. The highest BCUT2D eigenvalue weighted by Crippen LogP contribution is 2.30. The van der Waals surface area contributed by atoms with Crippen molar-refractivity contribution < 1.29 is 5.11 Å². The van der Waals surface area contributed by atoms with Crippen LogP contribution in [-0.4, -0.2) is 18.2 Å². The van der Waals surface area contributed by atoms with Crippen molar-refractivity contribution in [2.45, 2.75) is 46.6 Å². The molecule has 0 aliphatic carbocycles. The minimum Gasteiger partial charge on any atom is -0.389 e. The molecule has 0 amide bonds. The Balaban J connectivity index is 2.92. The molecule has 0 radical (unpaired) electrons. The third-order valence-electron chi connectivity index (χ3n) is 3.81. The number of halogens is 1. The van der Waals surface area contributed by atoms with E-state index in [-0.39, 0.29) is 0 Å². The third-order valence-corrected chi connectivity index (χ3v) is 4.11. The molecular formula is C16H26ClNO. The number of hydrogen-bond acceptors (Lipinski definition) is 2. The highest BCUT2D eigenvalue weighted by molar-refractivity contribution is 6.33. The number of aliphatic hydroxyl groups is 1. The molecule has 108 valence electrons. The van der Waals surface area contributed by atoms with Gasteiger partial charge in [-0.05, 0) is 37.5 Å². The maximum atomic E-state index is 9.58. The van der Waals surface area contributed by atoms with Gasteiger partial charge in [0.05, 0.1) is 16.8 Å². The van der Waals surface area contributed by atoms with Gasteiger partial charge in [0.25, 0.3) is 0 Å². The molecule has 0 heterocycles. The molecular weight excluding hydrogens is 258 g/mol. The summed E-state index contributed by atoms with van der Waals surface area (Å²) in [6.07, 6.45) is 1.91. The van der Waals surface area contributed by atoms with Crippen LogP contribution >= 0.6 is 11.6 Å². The Hall–Kier alpha value is -0.730. The first kappa shape index (κ1) is 16.3. The van der Waals surface area contributed by atoms with E-state index in [4.69, 9.17) is 11.6 Å². The van der Waals surface area contributed by atoms with Gasteiger partial charge in [0.15, 0.2) is 0 Å². The predicted octanol–water partition coefficient (Wildman–Crippen LogP) is 4.66. The summed E-state index contributed by atoms with van der Waals surface area (Å²) in [4.78, 5) is 2.33. The second-order valence-corrected chi connectivity index (χ2v) is 5.52. The van der Waals surface area contributed by atoms with E-state index in [0.717, 1.165) is 29.4 Å². The van der Waals surface area contributed by atoms with Crippen LogP contribution in [0.5, 0.6) is 0 Å². The largest absolute Gasteiger partial charge is 0.389 e. The molecule has 19 heavy (non-hydrogen) atoms. The van der Waals surface area contributed by atoms with Crippen LogP contribution in [0.3, 0.4) is 0 Å². The van der Waals surface area contributed by atoms with Crippen molar-refractivity contribution in [2.75, 3.05) is 18.0 Å². The van der Waals surface area contributed by atoms with Gasteiger partial charge in [-0.2, -0.15) is 0 Å². The van der Waals surface area contributed by atoms with Gasteiger partial charge in [-0.1, -0.05) is 44.4 Å².